The van der Waals surface area contributed by atoms with Crippen LogP contribution in [0.3, 0.4) is 0 Å². The summed E-state index contributed by atoms with van der Waals surface area (Å²) in [4.78, 5) is 15.8. The highest BCUT2D eigenvalue weighted by Gasteiger charge is 2.12. The topological polar surface area (TPSA) is 39.2 Å². The van der Waals surface area contributed by atoms with Crippen LogP contribution in [-0.4, -0.2) is 11.0 Å². The smallest absolute Gasteiger partial charge is 0.308 e. The summed E-state index contributed by atoms with van der Waals surface area (Å²) in [7, 11) is 0. The van der Waals surface area contributed by atoms with Gasteiger partial charge < -0.3 is 4.74 Å². The molecule has 0 bridgehead atoms. The maximum absolute atomic E-state index is 11.2. The monoisotopic (exact) mass is 283 g/mol. The summed E-state index contributed by atoms with van der Waals surface area (Å²) >= 11 is 1.60. The molecule has 0 aliphatic carbocycles. The molecule has 100 valence electrons. The minimum Gasteiger partial charge on any atom is -0.426 e. The molecule has 0 saturated heterocycles. The van der Waals surface area contributed by atoms with Crippen LogP contribution >= 0.6 is 11.3 Å². The van der Waals surface area contributed by atoms with Crippen LogP contribution in [0.4, 0.5) is 0 Å². The number of carbonyl (C=O) groups is 1. The van der Waals surface area contributed by atoms with Crippen LogP contribution in [0.1, 0.15) is 12.5 Å². The zero-order valence-corrected chi connectivity index (χ0v) is 12.0. The van der Waals surface area contributed by atoms with Crippen LogP contribution in [0.5, 0.6) is 5.75 Å². The molecule has 0 fully saturated rings. The van der Waals surface area contributed by atoms with Gasteiger partial charge in [0.25, 0.3) is 0 Å². The van der Waals surface area contributed by atoms with Crippen molar-refractivity contribution in [1.29, 1.82) is 0 Å². The van der Waals surface area contributed by atoms with E-state index in [1.165, 1.54) is 12.5 Å². The Morgan fingerprint density at radius 3 is 2.80 bits per heavy atom. The van der Waals surface area contributed by atoms with Gasteiger partial charge >= 0.3 is 5.97 Å². The Kier molecular flexibility index (Phi) is 3.24. The number of ether oxygens (including phenoxy) is 1. The summed E-state index contributed by atoms with van der Waals surface area (Å²) < 4.78 is 6.38. The van der Waals surface area contributed by atoms with E-state index < -0.39 is 0 Å². The van der Waals surface area contributed by atoms with Crippen molar-refractivity contribution in [2.45, 2.75) is 13.8 Å². The number of aryl methyl sites for hydroxylation is 1. The SMILES string of the molecule is CC(=O)Oc1ccccc1-c1nc2cc(C)ccc2s1. The lowest BCUT2D eigenvalue weighted by atomic mass is 10.2. The lowest BCUT2D eigenvalue weighted by Crippen LogP contribution is -2.02. The minimum absolute atomic E-state index is 0.325. The first-order valence-corrected chi connectivity index (χ1v) is 7.10. The lowest BCUT2D eigenvalue weighted by molar-refractivity contribution is -0.131. The molecule has 1 aromatic heterocycles. The van der Waals surface area contributed by atoms with E-state index in [0.717, 1.165) is 20.8 Å². The number of aromatic nitrogens is 1. The first-order valence-electron chi connectivity index (χ1n) is 6.28. The summed E-state index contributed by atoms with van der Waals surface area (Å²) in [6, 6.07) is 13.7. The number of fused-ring (bicyclic) bond motifs is 1. The number of hydrogen-bond acceptors (Lipinski definition) is 4. The third-order valence-corrected chi connectivity index (χ3v) is 3.98. The number of esters is 1. The van der Waals surface area contributed by atoms with Crippen LogP contribution in [-0.2, 0) is 4.79 Å². The molecule has 3 nitrogen and oxygen atoms in total. The zero-order valence-electron chi connectivity index (χ0n) is 11.2. The highest BCUT2D eigenvalue weighted by Crippen LogP contribution is 2.35. The molecule has 1 heterocycles. The summed E-state index contributed by atoms with van der Waals surface area (Å²) in [6.45, 7) is 3.45. The Morgan fingerprint density at radius 1 is 1.20 bits per heavy atom. The van der Waals surface area contributed by atoms with Crippen molar-refractivity contribution in [2.24, 2.45) is 0 Å². The van der Waals surface area contributed by atoms with Gasteiger partial charge in [-0.25, -0.2) is 4.98 Å². The van der Waals surface area contributed by atoms with Gasteiger partial charge in [0.1, 0.15) is 10.8 Å². The van der Waals surface area contributed by atoms with Crippen molar-refractivity contribution in [2.75, 3.05) is 0 Å². The van der Waals surface area contributed by atoms with E-state index in [1.54, 1.807) is 17.4 Å². The number of nitrogens with zero attached hydrogens (tertiary/aromatic N) is 1. The molecule has 0 amide bonds. The van der Waals surface area contributed by atoms with Gasteiger partial charge in [0, 0.05) is 6.92 Å². The summed E-state index contributed by atoms with van der Waals surface area (Å²) in [5.41, 5.74) is 3.01. The summed E-state index contributed by atoms with van der Waals surface area (Å²) in [5, 5.41) is 0.863. The van der Waals surface area contributed by atoms with E-state index in [9.17, 15) is 4.79 Å². The molecule has 0 aliphatic heterocycles. The van der Waals surface area contributed by atoms with E-state index in [4.69, 9.17) is 4.74 Å². The molecule has 20 heavy (non-hydrogen) atoms. The Morgan fingerprint density at radius 2 is 2.00 bits per heavy atom. The average Bonchev–Trinajstić information content (AvgIpc) is 2.81. The number of para-hydroxylation sites is 1. The standard InChI is InChI=1S/C16H13NO2S/c1-10-7-8-15-13(9-10)17-16(20-15)12-5-3-4-6-14(12)19-11(2)18/h3-9H,1-2H3. The third kappa shape index (κ3) is 2.42. The van der Waals surface area contributed by atoms with Gasteiger partial charge in [-0.15, -0.1) is 11.3 Å². The molecule has 0 radical (unpaired) electrons. The molecular formula is C16H13NO2S. The van der Waals surface area contributed by atoms with E-state index >= 15 is 0 Å². The molecule has 0 unspecified atom stereocenters. The van der Waals surface area contributed by atoms with Crippen molar-refractivity contribution < 1.29 is 9.53 Å². The van der Waals surface area contributed by atoms with E-state index in [2.05, 4.69) is 23.2 Å². The summed E-state index contributed by atoms with van der Waals surface area (Å²) in [5.74, 6) is 0.227. The highest BCUT2D eigenvalue weighted by atomic mass is 32.1. The van der Waals surface area contributed by atoms with Crippen LogP contribution in [0.15, 0.2) is 42.5 Å². The second-order valence-electron chi connectivity index (χ2n) is 4.58. The number of benzene rings is 2. The van der Waals surface area contributed by atoms with Crippen LogP contribution < -0.4 is 4.74 Å². The second kappa shape index (κ2) is 5.06. The molecule has 4 heteroatoms. The van der Waals surface area contributed by atoms with Gasteiger partial charge in [-0.3, -0.25) is 4.79 Å². The van der Waals surface area contributed by atoms with Crippen LogP contribution in [0.25, 0.3) is 20.8 Å². The average molecular weight is 283 g/mol. The fraction of sp³-hybridized carbons (Fsp3) is 0.125. The first kappa shape index (κ1) is 12.8. The first-order chi connectivity index (χ1) is 9.63. The minimum atomic E-state index is -0.325. The molecule has 3 aromatic rings. The lowest BCUT2D eigenvalue weighted by Gasteiger charge is -2.05. The number of hydrogen-bond donors (Lipinski definition) is 0. The summed E-state index contributed by atoms with van der Waals surface area (Å²) in [6.07, 6.45) is 0. The molecule has 0 N–H and O–H groups in total. The van der Waals surface area contributed by atoms with E-state index in [0.29, 0.717) is 5.75 Å². The Hall–Kier alpha value is -2.20. The Balaban J connectivity index is 2.13. The molecule has 3 rings (SSSR count). The quantitative estimate of drug-likeness (QED) is 0.522. The molecule has 0 saturated carbocycles. The van der Waals surface area contributed by atoms with Crippen molar-refractivity contribution in [3.05, 3.63) is 48.0 Å². The van der Waals surface area contributed by atoms with Crippen LogP contribution in [0.2, 0.25) is 0 Å². The van der Waals surface area contributed by atoms with Gasteiger partial charge in [0.2, 0.25) is 0 Å². The number of thiazole rings is 1. The molecule has 0 spiro atoms. The van der Waals surface area contributed by atoms with Gasteiger partial charge in [-0.1, -0.05) is 18.2 Å². The van der Waals surface area contributed by atoms with Crippen molar-refractivity contribution in [1.82, 2.24) is 4.98 Å². The van der Waals surface area contributed by atoms with Crippen molar-refractivity contribution >= 4 is 27.5 Å². The fourth-order valence-corrected chi connectivity index (χ4v) is 3.02. The van der Waals surface area contributed by atoms with E-state index in [1.807, 2.05) is 25.1 Å². The van der Waals surface area contributed by atoms with Gasteiger partial charge in [-0.2, -0.15) is 0 Å². The Bertz CT molecular complexity index is 792. The molecule has 2 aromatic carbocycles. The second-order valence-corrected chi connectivity index (χ2v) is 5.61. The Labute approximate surface area is 120 Å². The molecule has 0 aliphatic rings. The fourth-order valence-electron chi connectivity index (χ4n) is 2.04. The molecule has 0 atom stereocenters. The maximum Gasteiger partial charge on any atom is 0.308 e. The van der Waals surface area contributed by atoms with E-state index in [-0.39, 0.29) is 5.97 Å². The van der Waals surface area contributed by atoms with Gasteiger partial charge in [-0.05, 0) is 36.8 Å². The largest absolute Gasteiger partial charge is 0.426 e. The predicted octanol–water partition coefficient (Wildman–Crippen LogP) is 4.20. The van der Waals surface area contributed by atoms with Crippen LogP contribution in [0, 0.1) is 6.92 Å². The number of carbonyl (C=O) groups excluding carboxylic acids is 1. The van der Waals surface area contributed by atoms with Gasteiger partial charge in [0.15, 0.2) is 0 Å². The normalized spacial score (nSPS) is 10.7. The third-order valence-electron chi connectivity index (χ3n) is 2.91. The maximum atomic E-state index is 11.2. The van der Waals surface area contributed by atoms with Gasteiger partial charge in [0.05, 0.1) is 15.8 Å². The van der Waals surface area contributed by atoms with Crippen molar-refractivity contribution in [3.63, 3.8) is 0 Å². The zero-order chi connectivity index (χ0) is 14.1. The number of rotatable bonds is 2. The highest BCUT2D eigenvalue weighted by molar-refractivity contribution is 7.21. The molecular weight excluding hydrogens is 270 g/mol. The predicted molar refractivity (Wildman–Crippen MR) is 81.1 cm³/mol. The van der Waals surface area contributed by atoms with Crippen molar-refractivity contribution in [3.8, 4) is 16.3 Å².